The standard InChI is InChI=1S/C17H30N2O/c1-5-12-18-17(6-2)15-8-10-16(11-9-15)19(3)13-7-14-20-4/h8-11,17-18H,5-7,12-14H2,1-4H3. The molecule has 1 atom stereocenters. The van der Waals surface area contributed by atoms with Crippen LogP contribution < -0.4 is 10.2 Å². The molecule has 1 unspecified atom stereocenters. The van der Waals surface area contributed by atoms with Crippen molar-refractivity contribution in [3.05, 3.63) is 29.8 Å². The first-order chi connectivity index (χ1) is 9.72. The third-order valence-corrected chi connectivity index (χ3v) is 3.63. The molecule has 1 N–H and O–H groups in total. The third-order valence-electron chi connectivity index (χ3n) is 3.63. The van der Waals surface area contributed by atoms with Gasteiger partial charge >= 0.3 is 0 Å². The number of ether oxygens (including phenoxy) is 1. The van der Waals surface area contributed by atoms with E-state index in [1.54, 1.807) is 7.11 Å². The Morgan fingerprint density at radius 2 is 1.90 bits per heavy atom. The van der Waals surface area contributed by atoms with Crippen LogP contribution in [0.2, 0.25) is 0 Å². The Balaban J connectivity index is 2.57. The van der Waals surface area contributed by atoms with Crippen LogP contribution in [0.5, 0.6) is 0 Å². The normalized spacial score (nSPS) is 12.4. The van der Waals surface area contributed by atoms with Crippen molar-refractivity contribution in [2.75, 3.05) is 38.8 Å². The minimum Gasteiger partial charge on any atom is -0.385 e. The fraction of sp³-hybridized carbons (Fsp3) is 0.647. The lowest BCUT2D eigenvalue weighted by Gasteiger charge is -2.21. The molecule has 0 fully saturated rings. The number of hydrogen-bond donors (Lipinski definition) is 1. The number of methoxy groups -OCH3 is 1. The first-order valence-corrected chi connectivity index (χ1v) is 7.76. The Kier molecular flexibility index (Phi) is 8.31. The number of benzene rings is 1. The van der Waals surface area contributed by atoms with Crippen molar-refractivity contribution in [3.8, 4) is 0 Å². The van der Waals surface area contributed by atoms with Gasteiger partial charge in [0.05, 0.1) is 0 Å². The molecule has 1 rings (SSSR count). The second kappa shape index (κ2) is 9.78. The van der Waals surface area contributed by atoms with E-state index in [4.69, 9.17) is 4.74 Å². The van der Waals surface area contributed by atoms with Gasteiger partial charge in [0.1, 0.15) is 0 Å². The van der Waals surface area contributed by atoms with Gasteiger partial charge in [0.25, 0.3) is 0 Å². The molecule has 1 aromatic carbocycles. The minimum atomic E-state index is 0.475. The lowest BCUT2D eigenvalue weighted by molar-refractivity contribution is 0.196. The predicted octanol–water partition coefficient (Wildman–Crippen LogP) is 3.61. The summed E-state index contributed by atoms with van der Waals surface area (Å²) in [7, 11) is 3.89. The van der Waals surface area contributed by atoms with Crippen LogP contribution in [0.15, 0.2) is 24.3 Å². The molecule has 0 saturated carbocycles. The van der Waals surface area contributed by atoms with Gasteiger partial charge in [-0.2, -0.15) is 0 Å². The summed E-state index contributed by atoms with van der Waals surface area (Å²) in [6.45, 7) is 7.37. The summed E-state index contributed by atoms with van der Waals surface area (Å²) in [5, 5.41) is 3.60. The van der Waals surface area contributed by atoms with Crippen LogP contribution >= 0.6 is 0 Å². The van der Waals surface area contributed by atoms with Crippen molar-refractivity contribution in [2.24, 2.45) is 0 Å². The van der Waals surface area contributed by atoms with Gasteiger partial charge in [-0.3, -0.25) is 0 Å². The van der Waals surface area contributed by atoms with E-state index in [9.17, 15) is 0 Å². The monoisotopic (exact) mass is 278 g/mol. The van der Waals surface area contributed by atoms with Gasteiger partial charge in [-0.25, -0.2) is 0 Å². The van der Waals surface area contributed by atoms with Crippen LogP contribution in [-0.4, -0.2) is 33.9 Å². The summed E-state index contributed by atoms with van der Waals surface area (Å²) in [6, 6.07) is 9.41. The Labute approximate surface area is 124 Å². The van der Waals surface area contributed by atoms with Gasteiger partial charge in [0.15, 0.2) is 0 Å². The highest BCUT2D eigenvalue weighted by atomic mass is 16.5. The molecule has 0 radical (unpaired) electrons. The van der Waals surface area contributed by atoms with E-state index in [2.05, 4.69) is 55.4 Å². The third kappa shape index (κ3) is 5.51. The van der Waals surface area contributed by atoms with Crippen LogP contribution in [0.3, 0.4) is 0 Å². The maximum Gasteiger partial charge on any atom is 0.0479 e. The molecule has 0 amide bonds. The van der Waals surface area contributed by atoms with Crippen LogP contribution in [-0.2, 0) is 4.74 Å². The Morgan fingerprint density at radius 3 is 2.45 bits per heavy atom. The van der Waals surface area contributed by atoms with E-state index in [0.29, 0.717) is 6.04 Å². The van der Waals surface area contributed by atoms with Crippen LogP contribution in [0.1, 0.15) is 44.7 Å². The SMILES string of the molecule is CCCNC(CC)c1ccc(N(C)CCCOC)cc1. The molecule has 0 aromatic heterocycles. The van der Waals surface area contributed by atoms with Crippen LogP contribution in [0.25, 0.3) is 0 Å². The van der Waals surface area contributed by atoms with Gasteiger partial charge in [-0.05, 0) is 43.5 Å². The highest BCUT2D eigenvalue weighted by Crippen LogP contribution is 2.20. The van der Waals surface area contributed by atoms with Gasteiger partial charge < -0.3 is 15.0 Å². The molecule has 114 valence electrons. The fourth-order valence-corrected chi connectivity index (χ4v) is 2.35. The van der Waals surface area contributed by atoms with Gasteiger partial charge in [0.2, 0.25) is 0 Å². The smallest absolute Gasteiger partial charge is 0.0479 e. The Hall–Kier alpha value is -1.06. The first-order valence-electron chi connectivity index (χ1n) is 7.76. The molecule has 0 aliphatic heterocycles. The summed E-state index contributed by atoms with van der Waals surface area (Å²) in [5.41, 5.74) is 2.66. The van der Waals surface area contributed by atoms with E-state index in [-0.39, 0.29) is 0 Å². The highest BCUT2D eigenvalue weighted by molar-refractivity contribution is 5.47. The molecular weight excluding hydrogens is 248 g/mol. The van der Waals surface area contributed by atoms with E-state index in [1.807, 2.05) is 0 Å². The number of hydrogen-bond acceptors (Lipinski definition) is 3. The van der Waals surface area contributed by atoms with E-state index >= 15 is 0 Å². The second-order valence-corrected chi connectivity index (χ2v) is 5.27. The van der Waals surface area contributed by atoms with Gasteiger partial charge in [-0.1, -0.05) is 26.0 Å². The minimum absolute atomic E-state index is 0.475. The number of nitrogens with zero attached hydrogens (tertiary/aromatic N) is 1. The molecule has 3 heteroatoms. The second-order valence-electron chi connectivity index (χ2n) is 5.27. The molecule has 0 heterocycles. The van der Waals surface area contributed by atoms with Crippen molar-refractivity contribution in [3.63, 3.8) is 0 Å². The molecule has 20 heavy (non-hydrogen) atoms. The molecule has 0 spiro atoms. The van der Waals surface area contributed by atoms with Crippen molar-refractivity contribution in [2.45, 2.75) is 39.2 Å². The zero-order valence-electron chi connectivity index (χ0n) is 13.5. The van der Waals surface area contributed by atoms with E-state index in [1.165, 1.54) is 17.7 Å². The van der Waals surface area contributed by atoms with Gasteiger partial charge in [-0.15, -0.1) is 0 Å². The number of nitrogens with one attached hydrogen (secondary N) is 1. The van der Waals surface area contributed by atoms with Crippen molar-refractivity contribution in [1.82, 2.24) is 5.32 Å². The Bertz CT molecular complexity index is 351. The van der Waals surface area contributed by atoms with Crippen molar-refractivity contribution in [1.29, 1.82) is 0 Å². The van der Waals surface area contributed by atoms with Crippen LogP contribution in [0, 0.1) is 0 Å². The molecule has 0 aliphatic carbocycles. The maximum atomic E-state index is 5.10. The molecule has 0 bridgehead atoms. The maximum absolute atomic E-state index is 5.10. The predicted molar refractivity (Wildman–Crippen MR) is 87.5 cm³/mol. The zero-order chi connectivity index (χ0) is 14.8. The Morgan fingerprint density at radius 1 is 1.20 bits per heavy atom. The fourth-order valence-electron chi connectivity index (χ4n) is 2.35. The quantitative estimate of drug-likeness (QED) is 0.662. The van der Waals surface area contributed by atoms with E-state index in [0.717, 1.165) is 32.5 Å². The summed E-state index contributed by atoms with van der Waals surface area (Å²) < 4.78 is 5.10. The summed E-state index contributed by atoms with van der Waals surface area (Å²) in [6.07, 6.45) is 3.37. The summed E-state index contributed by atoms with van der Waals surface area (Å²) >= 11 is 0. The van der Waals surface area contributed by atoms with Crippen LogP contribution in [0.4, 0.5) is 5.69 Å². The molecule has 0 aliphatic rings. The molecular formula is C17H30N2O. The number of rotatable bonds is 10. The first kappa shape index (κ1) is 17.0. The molecule has 0 saturated heterocycles. The molecule has 1 aromatic rings. The van der Waals surface area contributed by atoms with Crippen molar-refractivity contribution >= 4 is 5.69 Å². The summed E-state index contributed by atoms with van der Waals surface area (Å²) in [5.74, 6) is 0. The number of anilines is 1. The zero-order valence-corrected chi connectivity index (χ0v) is 13.5. The largest absolute Gasteiger partial charge is 0.385 e. The van der Waals surface area contributed by atoms with Gasteiger partial charge in [0, 0.05) is 39.0 Å². The molecule has 3 nitrogen and oxygen atoms in total. The lowest BCUT2D eigenvalue weighted by atomic mass is 10.0. The summed E-state index contributed by atoms with van der Waals surface area (Å²) in [4.78, 5) is 2.28. The van der Waals surface area contributed by atoms with Crippen molar-refractivity contribution < 1.29 is 4.74 Å². The van der Waals surface area contributed by atoms with E-state index < -0.39 is 0 Å². The average Bonchev–Trinajstić information content (AvgIpc) is 2.49. The lowest BCUT2D eigenvalue weighted by Crippen LogP contribution is -2.22. The highest BCUT2D eigenvalue weighted by Gasteiger charge is 2.08. The average molecular weight is 278 g/mol. The topological polar surface area (TPSA) is 24.5 Å².